The maximum Gasteiger partial charge on any atom is 0.191 e. The van der Waals surface area contributed by atoms with E-state index in [0.717, 1.165) is 56.8 Å². The lowest BCUT2D eigenvalue weighted by Gasteiger charge is -2.39. The topological polar surface area (TPSA) is 48.9 Å². The van der Waals surface area contributed by atoms with Crippen molar-refractivity contribution >= 4 is 41.5 Å². The predicted octanol–water partition coefficient (Wildman–Crippen LogP) is 3.48. The van der Waals surface area contributed by atoms with E-state index in [-0.39, 0.29) is 29.5 Å². The zero-order valence-electron chi connectivity index (χ0n) is 16.5. The fraction of sp³-hybridized carbons (Fsp3) is 0.650. The van der Waals surface area contributed by atoms with Crippen LogP contribution in [0.4, 0.5) is 0 Å². The Morgan fingerprint density at radius 2 is 2.07 bits per heavy atom. The van der Waals surface area contributed by atoms with E-state index in [9.17, 15) is 0 Å². The van der Waals surface area contributed by atoms with Crippen molar-refractivity contribution in [1.29, 1.82) is 0 Å². The summed E-state index contributed by atoms with van der Waals surface area (Å²) in [5, 5.41) is 7.78. The summed E-state index contributed by atoms with van der Waals surface area (Å²) in [5.41, 5.74) is 1.33. The average Bonchev–Trinajstić information content (AvgIpc) is 3.40. The number of hydrogen-bond donors (Lipinski definition) is 2. The summed E-state index contributed by atoms with van der Waals surface area (Å²) in [6, 6.07) is 8.60. The fourth-order valence-electron chi connectivity index (χ4n) is 3.50. The summed E-state index contributed by atoms with van der Waals surface area (Å²) in [6.07, 6.45) is 1.12. The number of ether oxygens (including phenoxy) is 1. The van der Waals surface area contributed by atoms with Gasteiger partial charge in [-0.1, -0.05) is 23.7 Å². The summed E-state index contributed by atoms with van der Waals surface area (Å²) in [6.45, 7) is 11.8. The highest BCUT2D eigenvalue weighted by Crippen LogP contribution is 2.41. The molecule has 1 saturated heterocycles. The van der Waals surface area contributed by atoms with Crippen molar-refractivity contribution in [2.75, 3.05) is 39.4 Å². The van der Waals surface area contributed by atoms with E-state index in [0.29, 0.717) is 12.0 Å². The zero-order valence-corrected chi connectivity index (χ0v) is 19.6. The van der Waals surface area contributed by atoms with Crippen molar-refractivity contribution in [3.63, 3.8) is 0 Å². The number of rotatable bonds is 6. The van der Waals surface area contributed by atoms with E-state index >= 15 is 0 Å². The second-order valence-electron chi connectivity index (χ2n) is 7.76. The van der Waals surface area contributed by atoms with Crippen molar-refractivity contribution in [3.05, 3.63) is 34.9 Å². The van der Waals surface area contributed by atoms with Crippen LogP contribution in [-0.2, 0) is 4.74 Å². The van der Waals surface area contributed by atoms with Gasteiger partial charge in [-0.05, 0) is 44.9 Å². The van der Waals surface area contributed by atoms with Gasteiger partial charge >= 0.3 is 0 Å². The van der Waals surface area contributed by atoms with Gasteiger partial charge < -0.3 is 15.4 Å². The monoisotopic (exact) mass is 506 g/mol. The first-order valence-corrected chi connectivity index (χ1v) is 10.0. The fourth-order valence-corrected chi connectivity index (χ4v) is 3.70. The van der Waals surface area contributed by atoms with Crippen LogP contribution in [0.5, 0.6) is 0 Å². The standard InChI is InChI=1S/C20H31ClN4O.HI/c1-4-22-19(23-14-20(2,3)25-8-10-26-11-9-25)24-18-13-17(18)15-6-5-7-16(21)12-15;/h5-7,12,17-18H,4,8-11,13-14H2,1-3H3,(H2,22,23,24);1H. The zero-order chi connectivity index (χ0) is 18.6. The number of guanidine groups is 1. The van der Waals surface area contributed by atoms with Crippen LogP contribution in [-0.4, -0.2) is 61.8 Å². The highest BCUT2D eigenvalue weighted by atomic mass is 127. The van der Waals surface area contributed by atoms with Crippen LogP contribution in [0.15, 0.2) is 29.3 Å². The maximum absolute atomic E-state index is 6.12. The van der Waals surface area contributed by atoms with Gasteiger partial charge in [0.05, 0.1) is 19.8 Å². The van der Waals surface area contributed by atoms with E-state index in [1.165, 1.54) is 5.56 Å². The summed E-state index contributed by atoms with van der Waals surface area (Å²) in [5.74, 6) is 1.42. The first kappa shape index (κ1) is 22.7. The van der Waals surface area contributed by atoms with E-state index in [2.05, 4.69) is 48.4 Å². The minimum Gasteiger partial charge on any atom is -0.379 e. The molecule has 1 aromatic rings. The molecule has 0 bridgehead atoms. The molecule has 0 amide bonds. The Morgan fingerprint density at radius 3 is 2.74 bits per heavy atom. The molecule has 5 nitrogen and oxygen atoms in total. The van der Waals surface area contributed by atoms with E-state index in [4.69, 9.17) is 21.3 Å². The van der Waals surface area contributed by atoms with Gasteiger partial charge in [-0.2, -0.15) is 0 Å². The molecule has 1 aliphatic carbocycles. The largest absolute Gasteiger partial charge is 0.379 e. The second-order valence-corrected chi connectivity index (χ2v) is 8.19. The molecule has 27 heavy (non-hydrogen) atoms. The van der Waals surface area contributed by atoms with Gasteiger partial charge in [0.15, 0.2) is 5.96 Å². The number of nitrogens with zero attached hydrogens (tertiary/aromatic N) is 2. The quantitative estimate of drug-likeness (QED) is 0.352. The lowest BCUT2D eigenvalue weighted by Crippen LogP contribution is -2.52. The molecule has 1 aliphatic heterocycles. The molecule has 1 aromatic carbocycles. The van der Waals surface area contributed by atoms with Crippen LogP contribution in [0, 0.1) is 0 Å². The Labute approximate surface area is 185 Å². The van der Waals surface area contributed by atoms with Crippen molar-refractivity contribution in [2.45, 2.75) is 44.7 Å². The van der Waals surface area contributed by atoms with Crippen LogP contribution < -0.4 is 10.6 Å². The summed E-state index contributed by atoms with van der Waals surface area (Å²) in [4.78, 5) is 7.34. The first-order chi connectivity index (χ1) is 12.5. The number of morpholine rings is 1. The number of hydrogen-bond acceptors (Lipinski definition) is 3. The maximum atomic E-state index is 6.12. The SMILES string of the molecule is CCNC(=NCC(C)(C)N1CCOCC1)NC1CC1c1cccc(Cl)c1.I. The molecule has 152 valence electrons. The van der Waals surface area contributed by atoms with Crippen LogP contribution >= 0.6 is 35.6 Å². The number of nitrogens with one attached hydrogen (secondary N) is 2. The lowest BCUT2D eigenvalue weighted by atomic mass is 10.0. The third-order valence-electron chi connectivity index (χ3n) is 5.22. The molecule has 2 unspecified atom stereocenters. The number of halogens is 2. The predicted molar refractivity (Wildman–Crippen MR) is 124 cm³/mol. The molecular weight excluding hydrogens is 475 g/mol. The van der Waals surface area contributed by atoms with Gasteiger partial charge in [-0.15, -0.1) is 24.0 Å². The smallest absolute Gasteiger partial charge is 0.191 e. The Morgan fingerprint density at radius 1 is 1.33 bits per heavy atom. The molecule has 2 aliphatic rings. The summed E-state index contributed by atoms with van der Waals surface area (Å²) >= 11 is 6.12. The average molecular weight is 507 g/mol. The molecule has 0 spiro atoms. The minimum atomic E-state index is 0. The van der Waals surface area contributed by atoms with Crippen molar-refractivity contribution in [1.82, 2.24) is 15.5 Å². The normalized spacial score (nSPS) is 23.5. The number of aliphatic imine (C=N–C) groups is 1. The minimum absolute atomic E-state index is 0. The highest BCUT2D eigenvalue weighted by Gasteiger charge is 2.39. The van der Waals surface area contributed by atoms with E-state index < -0.39 is 0 Å². The van der Waals surface area contributed by atoms with Gasteiger partial charge in [0.2, 0.25) is 0 Å². The van der Waals surface area contributed by atoms with E-state index in [1.54, 1.807) is 0 Å². The number of benzene rings is 1. The lowest BCUT2D eigenvalue weighted by molar-refractivity contribution is -0.00683. The van der Waals surface area contributed by atoms with Crippen LogP contribution in [0.2, 0.25) is 5.02 Å². The van der Waals surface area contributed by atoms with Gasteiger partial charge in [0.25, 0.3) is 0 Å². The third kappa shape index (κ3) is 6.48. The molecule has 1 saturated carbocycles. The Balaban J connectivity index is 0.00000261. The van der Waals surface area contributed by atoms with Crippen molar-refractivity contribution < 1.29 is 4.74 Å². The molecule has 0 radical (unpaired) electrons. The van der Waals surface area contributed by atoms with Gasteiger partial charge in [0.1, 0.15) is 0 Å². The molecule has 0 aromatic heterocycles. The second kappa shape index (κ2) is 10.3. The molecule has 1 heterocycles. The Kier molecular flexibility index (Phi) is 8.65. The molecular formula is C20H32ClIN4O. The van der Waals surface area contributed by atoms with Crippen LogP contribution in [0.3, 0.4) is 0 Å². The van der Waals surface area contributed by atoms with Crippen molar-refractivity contribution in [2.24, 2.45) is 4.99 Å². The Bertz CT molecular complexity index is 634. The van der Waals surface area contributed by atoms with Gasteiger partial charge in [0, 0.05) is 42.2 Å². The third-order valence-corrected chi connectivity index (χ3v) is 5.46. The highest BCUT2D eigenvalue weighted by molar-refractivity contribution is 14.0. The summed E-state index contributed by atoms with van der Waals surface area (Å²) < 4.78 is 5.47. The molecule has 3 rings (SSSR count). The van der Waals surface area contributed by atoms with E-state index in [1.807, 2.05) is 12.1 Å². The molecule has 2 atom stereocenters. The molecule has 2 fully saturated rings. The first-order valence-electron chi connectivity index (χ1n) is 9.62. The van der Waals surface area contributed by atoms with Crippen LogP contribution in [0.1, 0.15) is 38.7 Å². The van der Waals surface area contributed by atoms with Gasteiger partial charge in [-0.25, -0.2) is 0 Å². The van der Waals surface area contributed by atoms with Crippen molar-refractivity contribution in [3.8, 4) is 0 Å². The van der Waals surface area contributed by atoms with Crippen LogP contribution in [0.25, 0.3) is 0 Å². The Hall–Kier alpha value is -0.570. The molecule has 7 heteroatoms. The van der Waals surface area contributed by atoms with Gasteiger partial charge in [-0.3, -0.25) is 9.89 Å². The molecule has 2 N–H and O–H groups in total. The summed E-state index contributed by atoms with van der Waals surface area (Å²) in [7, 11) is 0.